The fraction of sp³-hybridized carbons (Fsp3) is 0.756. The second-order valence-corrected chi connectivity index (χ2v) is 18.0. The lowest BCUT2D eigenvalue weighted by Gasteiger charge is -2.71. The number of alkyl halides is 1. The first kappa shape index (κ1) is 36.3. The molecule has 6 rings (SSSR count). The molecule has 0 aromatic heterocycles. The van der Waals surface area contributed by atoms with Crippen LogP contribution in [0, 0.1) is 56.7 Å². The van der Waals surface area contributed by atoms with Crippen molar-refractivity contribution in [2.75, 3.05) is 32.3 Å². The number of carbonyl (C=O) groups is 2. The van der Waals surface area contributed by atoms with Crippen molar-refractivity contribution in [3.63, 3.8) is 0 Å². The molecular weight excluding hydrogens is 668 g/mol. The Morgan fingerprint density at radius 3 is 2.40 bits per heavy atom. The minimum Gasteiger partial charge on any atom is -0.461 e. The number of carbonyl (C=O) groups excluding carboxylic acids is 2. The van der Waals surface area contributed by atoms with Crippen molar-refractivity contribution in [2.45, 2.75) is 106 Å². The molecule has 4 fully saturated rings. The van der Waals surface area contributed by atoms with Gasteiger partial charge in [-0.1, -0.05) is 106 Å². The van der Waals surface area contributed by atoms with Crippen molar-refractivity contribution in [1.82, 2.24) is 0 Å². The molecule has 5 aliphatic rings. The molecule has 0 spiro atoms. The van der Waals surface area contributed by atoms with E-state index in [1.807, 2.05) is 30.3 Å². The van der Waals surface area contributed by atoms with Gasteiger partial charge in [-0.3, -0.25) is 9.59 Å². The summed E-state index contributed by atoms with van der Waals surface area (Å²) in [5.41, 5.74) is 1.65. The maximum absolute atomic E-state index is 14.6. The van der Waals surface area contributed by atoms with E-state index in [1.54, 1.807) is 12.7 Å². The normalized spacial score (nSPS) is 42.5. The topological polar surface area (TPSA) is 71.1 Å². The molecule has 0 N–H and O–H groups in total. The number of hydrogen-bond acceptors (Lipinski definition) is 6. The van der Waals surface area contributed by atoms with Crippen LogP contribution >= 0.6 is 15.9 Å². The number of ether oxygens (including phenoxy) is 4. The minimum absolute atomic E-state index is 0.0327. The summed E-state index contributed by atoms with van der Waals surface area (Å²) in [5, 5.41) is 0.291. The summed E-state index contributed by atoms with van der Waals surface area (Å²) >= 11 is 3.30. The highest BCUT2D eigenvalue weighted by Gasteiger charge is 2.72. The summed E-state index contributed by atoms with van der Waals surface area (Å²) < 4.78 is 25.6. The molecule has 4 aliphatic carbocycles. The lowest BCUT2D eigenvalue weighted by molar-refractivity contribution is -0.266. The largest absolute Gasteiger partial charge is 0.461 e. The Labute approximate surface area is 297 Å². The van der Waals surface area contributed by atoms with Crippen LogP contribution in [-0.4, -0.2) is 56.2 Å². The van der Waals surface area contributed by atoms with Gasteiger partial charge in [0.15, 0.2) is 5.78 Å². The highest BCUT2D eigenvalue weighted by Crippen LogP contribution is 2.75. The van der Waals surface area contributed by atoms with Crippen LogP contribution in [0.1, 0.15) is 92.6 Å². The monoisotopic (exact) mass is 726 g/mol. The Balaban J connectivity index is 1.39. The molecule has 0 radical (unpaired) electrons. The van der Waals surface area contributed by atoms with E-state index >= 15 is 0 Å². The van der Waals surface area contributed by atoms with Crippen LogP contribution in [0.5, 0.6) is 0 Å². The predicted octanol–water partition coefficient (Wildman–Crippen LogP) is 8.60. The first-order chi connectivity index (χ1) is 22.7. The Morgan fingerprint density at radius 1 is 1.00 bits per heavy atom. The van der Waals surface area contributed by atoms with Gasteiger partial charge in [-0.25, -0.2) is 0 Å². The van der Waals surface area contributed by atoms with Gasteiger partial charge < -0.3 is 18.9 Å². The second-order valence-electron chi connectivity index (χ2n) is 17.5. The van der Waals surface area contributed by atoms with E-state index in [0.717, 1.165) is 44.1 Å². The summed E-state index contributed by atoms with van der Waals surface area (Å²) in [5.74, 6) is 1.36. The Kier molecular flexibility index (Phi) is 9.98. The molecule has 48 heavy (non-hydrogen) atoms. The maximum atomic E-state index is 14.6. The number of ketones is 1. The molecule has 0 amide bonds. The van der Waals surface area contributed by atoms with Gasteiger partial charge in [-0.05, 0) is 84.0 Å². The first-order valence-electron chi connectivity index (χ1n) is 18.4. The SMILES string of the molecule is CO[C@@H]1C[C@@]23COC[C@](C)(C2CC[C@H]2C3=CC[C@@]3(C)[C@H](C(=O)OCc4ccccc4)[C@@](C)([C@H](C)C(C)C)CC[C@]23C)[C@H]1OCC(=O)CBr. The number of allylic oxidation sites excluding steroid dienone is 1. The molecule has 3 saturated carbocycles. The lowest BCUT2D eigenvalue weighted by Crippen LogP contribution is -2.70. The number of benzene rings is 1. The van der Waals surface area contributed by atoms with Crippen LogP contribution in [-0.2, 0) is 35.1 Å². The number of rotatable bonds is 10. The third-order valence-electron chi connectivity index (χ3n) is 15.2. The summed E-state index contributed by atoms with van der Waals surface area (Å²) in [6, 6.07) is 10.1. The summed E-state index contributed by atoms with van der Waals surface area (Å²) in [7, 11) is 1.79. The van der Waals surface area contributed by atoms with Crippen molar-refractivity contribution in [2.24, 2.45) is 56.7 Å². The number of Topliss-reactive ketones (excluding diaryl/α,β-unsaturated/α-hetero) is 1. The molecule has 1 aromatic carbocycles. The standard InChI is InChI=1S/C41H59BrO6/c1-26(2)27(3)37(4)18-19-39(6)30-14-15-33-38(5)24-46-25-41(33,20-32(45-8)35(38)47-23-29(43)21-42)31(30)16-17-40(39,7)34(37)36(44)48-22-28-12-10-9-11-13-28/h9-13,16,26-27,30,32-35H,14-15,17-25H2,1-8H3/t27-,30+,32-,33?,34-,35+,37-,38-,39-,40+,41+/m1/s1. The quantitative estimate of drug-likeness (QED) is 0.137. The molecule has 1 aromatic rings. The third kappa shape index (κ3) is 5.42. The van der Waals surface area contributed by atoms with Crippen molar-refractivity contribution in [3.8, 4) is 0 Å². The van der Waals surface area contributed by atoms with Gasteiger partial charge in [0, 0.05) is 17.9 Å². The highest BCUT2D eigenvalue weighted by molar-refractivity contribution is 9.09. The van der Waals surface area contributed by atoms with Gasteiger partial charge in [0.05, 0.1) is 36.7 Å². The van der Waals surface area contributed by atoms with E-state index in [0.29, 0.717) is 48.8 Å². The zero-order valence-electron chi connectivity index (χ0n) is 30.6. The number of halogens is 1. The number of esters is 1. The Bertz CT molecular complexity index is 1390. The molecule has 1 saturated heterocycles. The van der Waals surface area contributed by atoms with Crippen molar-refractivity contribution in [3.05, 3.63) is 47.5 Å². The zero-order chi connectivity index (χ0) is 34.7. The highest BCUT2D eigenvalue weighted by atomic mass is 79.9. The van der Waals surface area contributed by atoms with Crippen LogP contribution in [0.3, 0.4) is 0 Å². The number of fused-ring (bicyclic) bond motifs is 3. The van der Waals surface area contributed by atoms with E-state index in [1.165, 1.54) is 0 Å². The van der Waals surface area contributed by atoms with Crippen molar-refractivity contribution in [1.29, 1.82) is 0 Å². The molecule has 1 unspecified atom stereocenters. The first-order valence-corrected chi connectivity index (χ1v) is 19.5. The van der Waals surface area contributed by atoms with E-state index in [9.17, 15) is 9.59 Å². The summed E-state index contributed by atoms with van der Waals surface area (Å²) in [4.78, 5) is 27.0. The zero-order valence-corrected chi connectivity index (χ0v) is 32.2. The van der Waals surface area contributed by atoms with E-state index < -0.39 is 0 Å². The summed E-state index contributed by atoms with van der Waals surface area (Å²) in [6.07, 6.45) is 8.18. The van der Waals surface area contributed by atoms with Gasteiger partial charge >= 0.3 is 5.97 Å². The maximum Gasteiger partial charge on any atom is 0.310 e. The van der Waals surface area contributed by atoms with E-state index in [4.69, 9.17) is 18.9 Å². The van der Waals surface area contributed by atoms with E-state index in [2.05, 4.69) is 70.5 Å². The van der Waals surface area contributed by atoms with Crippen LogP contribution in [0.4, 0.5) is 0 Å². The van der Waals surface area contributed by atoms with Crippen molar-refractivity contribution >= 4 is 27.7 Å². The van der Waals surface area contributed by atoms with Gasteiger partial charge in [0.2, 0.25) is 0 Å². The fourth-order valence-electron chi connectivity index (χ4n) is 12.1. The van der Waals surface area contributed by atoms with Crippen molar-refractivity contribution < 1.29 is 28.5 Å². The third-order valence-corrected chi connectivity index (χ3v) is 15.8. The van der Waals surface area contributed by atoms with Crippen LogP contribution in [0.25, 0.3) is 0 Å². The fourth-order valence-corrected chi connectivity index (χ4v) is 12.3. The molecule has 7 heteroatoms. The van der Waals surface area contributed by atoms with Crippen LogP contribution in [0.2, 0.25) is 0 Å². The average molecular weight is 728 g/mol. The number of hydrogen-bond donors (Lipinski definition) is 0. The van der Waals surface area contributed by atoms with Gasteiger partial charge in [0.25, 0.3) is 0 Å². The van der Waals surface area contributed by atoms with E-state index in [-0.39, 0.29) is 63.6 Å². The predicted molar refractivity (Wildman–Crippen MR) is 192 cm³/mol. The average Bonchev–Trinajstić information content (AvgIpc) is 3.06. The van der Waals surface area contributed by atoms with Crippen LogP contribution in [0.15, 0.2) is 42.0 Å². The summed E-state index contributed by atoms with van der Waals surface area (Å²) in [6.45, 7) is 18.3. The van der Waals surface area contributed by atoms with Gasteiger partial charge in [0.1, 0.15) is 13.2 Å². The van der Waals surface area contributed by atoms with Crippen LogP contribution < -0.4 is 0 Å². The molecule has 1 aliphatic heterocycles. The Hall–Kier alpha value is -1.54. The molecule has 1 heterocycles. The second kappa shape index (κ2) is 13.2. The number of methoxy groups -OCH3 is 1. The van der Waals surface area contributed by atoms with Gasteiger partial charge in [-0.2, -0.15) is 0 Å². The molecule has 11 atom stereocenters. The molecule has 266 valence electrons. The molecule has 2 bridgehead atoms. The minimum atomic E-state index is -0.265. The smallest absolute Gasteiger partial charge is 0.310 e. The lowest BCUT2D eigenvalue weighted by atomic mass is 9.34. The van der Waals surface area contributed by atoms with Gasteiger partial charge in [-0.15, -0.1) is 0 Å². The molecular formula is C41H59BrO6. The molecule has 6 nitrogen and oxygen atoms in total. The Morgan fingerprint density at radius 2 is 1.73 bits per heavy atom.